The zero-order valence-corrected chi connectivity index (χ0v) is 24.3. The molecule has 0 aliphatic heterocycles. The summed E-state index contributed by atoms with van der Waals surface area (Å²) in [7, 11) is 0. The molecule has 0 fully saturated rings. The molecule has 2 aromatic carbocycles. The summed E-state index contributed by atoms with van der Waals surface area (Å²) in [6.07, 6.45) is 18.9. The predicted octanol–water partition coefficient (Wildman–Crippen LogP) is 10.2. The fourth-order valence-electron chi connectivity index (χ4n) is 4.81. The van der Waals surface area contributed by atoms with E-state index in [4.69, 9.17) is 4.74 Å². The Balaban J connectivity index is 0.00000648. The summed E-state index contributed by atoms with van der Waals surface area (Å²) in [5.74, 6) is 1.64. The molecule has 0 spiro atoms. The van der Waals surface area contributed by atoms with Crippen molar-refractivity contribution in [2.24, 2.45) is 0 Å². The largest absolute Gasteiger partial charge is 0.493 e. The van der Waals surface area contributed by atoms with Gasteiger partial charge in [-0.15, -0.1) is 12.4 Å². The maximum absolute atomic E-state index is 9.19. The number of amidine groups is 1. The van der Waals surface area contributed by atoms with Gasteiger partial charge in [-0.2, -0.15) is 0 Å². The van der Waals surface area contributed by atoms with E-state index in [0.717, 1.165) is 48.2 Å². The molecule has 0 amide bonds. The summed E-state index contributed by atoms with van der Waals surface area (Å²) in [6.45, 7) is 9.53. The van der Waals surface area contributed by atoms with Gasteiger partial charge in [-0.05, 0) is 36.8 Å². The Morgan fingerprint density at radius 2 is 1.14 bits per heavy atom. The van der Waals surface area contributed by atoms with Crippen LogP contribution in [0.25, 0.3) is 10.8 Å². The predicted molar refractivity (Wildman–Crippen MR) is 161 cm³/mol. The summed E-state index contributed by atoms with van der Waals surface area (Å²) in [5.41, 5.74) is 1.04. The molecule has 0 aromatic heterocycles. The second kappa shape index (κ2) is 20.3. The highest BCUT2D eigenvalue weighted by Crippen LogP contribution is 2.30. The number of fused-ring (bicyclic) bond motifs is 1. The van der Waals surface area contributed by atoms with Crippen LogP contribution in [0.2, 0.25) is 0 Å². The first-order valence-electron chi connectivity index (χ1n) is 14.7. The van der Waals surface area contributed by atoms with Gasteiger partial charge in [0.15, 0.2) is 0 Å². The first kappa shape index (κ1) is 32.3. The molecule has 2 aromatic rings. The molecule has 0 bridgehead atoms. The molecule has 0 aliphatic rings. The van der Waals surface area contributed by atoms with E-state index in [-0.39, 0.29) is 12.4 Å². The zero-order chi connectivity index (χ0) is 25.1. The van der Waals surface area contributed by atoms with Gasteiger partial charge >= 0.3 is 0 Å². The van der Waals surface area contributed by atoms with Crippen LogP contribution in [0.3, 0.4) is 0 Å². The van der Waals surface area contributed by atoms with Crippen LogP contribution in [0.5, 0.6) is 5.75 Å². The number of nitrogens with zero attached hydrogens (tertiary/aromatic N) is 1. The van der Waals surface area contributed by atoms with Gasteiger partial charge in [0.1, 0.15) is 11.6 Å². The number of nitrogens with one attached hydrogen (secondary N) is 1. The number of hydrogen-bond acceptors (Lipinski definition) is 2. The number of rotatable bonds is 20. The van der Waals surface area contributed by atoms with Crippen LogP contribution in [-0.4, -0.2) is 30.4 Å². The Morgan fingerprint density at radius 1 is 0.639 bits per heavy atom. The van der Waals surface area contributed by atoms with Crippen LogP contribution in [-0.2, 0) is 0 Å². The first-order chi connectivity index (χ1) is 17.2. The van der Waals surface area contributed by atoms with Crippen LogP contribution >= 0.6 is 12.4 Å². The highest BCUT2D eigenvalue weighted by Gasteiger charge is 2.16. The van der Waals surface area contributed by atoms with Crippen LogP contribution in [0.4, 0.5) is 0 Å². The third-order valence-corrected chi connectivity index (χ3v) is 7.02. The molecule has 2 rings (SSSR count). The Kier molecular flexibility index (Phi) is 18.2. The molecule has 0 atom stereocenters. The molecule has 1 N–H and O–H groups in total. The second-order valence-electron chi connectivity index (χ2n) is 10.1. The molecular weight excluding hydrogens is 464 g/mol. The third-order valence-electron chi connectivity index (χ3n) is 7.02. The van der Waals surface area contributed by atoms with E-state index in [2.05, 4.69) is 62.1 Å². The van der Waals surface area contributed by atoms with Crippen molar-refractivity contribution in [3.8, 4) is 5.75 Å². The van der Waals surface area contributed by atoms with Gasteiger partial charge < -0.3 is 9.64 Å². The van der Waals surface area contributed by atoms with Crippen molar-refractivity contribution in [3.63, 3.8) is 0 Å². The molecule has 0 saturated carbocycles. The van der Waals surface area contributed by atoms with Crippen molar-refractivity contribution in [1.82, 2.24) is 4.90 Å². The lowest BCUT2D eigenvalue weighted by molar-refractivity contribution is 0.308. The maximum Gasteiger partial charge on any atom is 0.128 e. The van der Waals surface area contributed by atoms with E-state index >= 15 is 0 Å². The molecule has 0 radical (unpaired) electrons. The first-order valence-corrected chi connectivity index (χ1v) is 14.7. The minimum Gasteiger partial charge on any atom is -0.493 e. The van der Waals surface area contributed by atoms with Gasteiger partial charge in [0.25, 0.3) is 0 Å². The van der Waals surface area contributed by atoms with E-state index in [1.807, 2.05) is 0 Å². The van der Waals surface area contributed by atoms with E-state index in [0.29, 0.717) is 5.84 Å². The van der Waals surface area contributed by atoms with Gasteiger partial charge in [-0.3, -0.25) is 5.41 Å². The van der Waals surface area contributed by atoms with E-state index in [1.165, 1.54) is 89.9 Å². The highest BCUT2D eigenvalue weighted by atomic mass is 35.5. The van der Waals surface area contributed by atoms with Crippen molar-refractivity contribution in [2.75, 3.05) is 19.7 Å². The second-order valence-corrected chi connectivity index (χ2v) is 10.1. The zero-order valence-electron chi connectivity index (χ0n) is 23.5. The third kappa shape index (κ3) is 11.5. The summed E-state index contributed by atoms with van der Waals surface area (Å²) >= 11 is 0. The van der Waals surface area contributed by atoms with Gasteiger partial charge in [0.2, 0.25) is 0 Å². The van der Waals surface area contributed by atoms with Crippen LogP contribution in [0.15, 0.2) is 36.4 Å². The number of ether oxygens (including phenoxy) is 1. The van der Waals surface area contributed by atoms with Crippen LogP contribution < -0.4 is 4.74 Å². The number of halogens is 1. The number of unbranched alkanes of at least 4 members (excludes halogenated alkanes) is 12. The summed E-state index contributed by atoms with van der Waals surface area (Å²) in [5, 5.41) is 11.5. The molecule has 4 heteroatoms. The lowest BCUT2D eigenvalue weighted by Gasteiger charge is -2.26. The van der Waals surface area contributed by atoms with E-state index in [1.54, 1.807) is 0 Å². The van der Waals surface area contributed by atoms with Crippen molar-refractivity contribution in [3.05, 3.63) is 42.0 Å². The fraction of sp³-hybridized carbons (Fsp3) is 0.656. The Bertz CT molecular complexity index is 824. The molecule has 36 heavy (non-hydrogen) atoms. The van der Waals surface area contributed by atoms with Gasteiger partial charge in [-0.1, -0.05) is 122 Å². The van der Waals surface area contributed by atoms with Crippen molar-refractivity contribution in [2.45, 2.75) is 117 Å². The van der Waals surface area contributed by atoms with Gasteiger partial charge in [0, 0.05) is 24.0 Å². The smallest absolute Gasteiger partial charge is 0.128 e. The van der Waals surface area contributed by atoms with E-state index < -0.39 is 0 Å². The van der Waals surface area contributed by atoms with E-state index in [9.17, 15) is 5.41 Å². The molecule has 0 aliphatic carbocycles. The quantitative estimate of drug-likeness (QED) is 0.108. The van der Waals surface area contributed by atoms with Crippen LogP contribution in [0, 0.1) is 5.41 Å². The SMILES string of the molecule is CCCCCCCOc1ccc(C(=N)N(CCCCCCC)CCCCCCC)c2ccccc12.Cl. The van der Waals surface area contributed by atoms with Gasteiger partial charge in [-0.25, -0.2) is 0 Å². The highest BCUT2D eigenvalue weighted by molar-refractivity contribution is 6.09. The monoisotopic (exact) mass is 516 g/mol. The Hall–Kier alpha value is -1.74. The van der Waals surface area contributed by atoms with Crippen molar-refractivity contribution in [1.29, 1.82) is 5.41 Å². The molecule has 204 valence electrons. The Labute approximate surface area is 228 Å². The number of benzene rings is 2. The summed E-state index contributed by atoms with van der Waals surface area (Å²) in [6, 6.07) is 12.7. The summed E-state index contributed by atoms with van der Waals surface area (Å²) < 4.78 is 6.22. The minimum absolute atomic E-state index is 0. The van der Waals surface area contributed by atoms with Crippen LogP contribution in [0.1, 0.15) is 123 Å². The Morgan fingerprint density at radius 3 is 1.69 bits per heavy atom. The van der Waals surface area contributed by atoms with Crippen molar-refractivity contribution >= 4 is 29.0 Å². The molecular formula is C32H53ClN2O. The average Bonchev–Trinajstić information content (AvgIpc) is 2.88. The standard InChI is InChI=1S/C32H52N2O.ClH/c1-4-7-10-13-18-25-34(26-19-14-11-8-5-2)32(33)30-23-24-31(29-22-17-16-21-28(29)30)35-27-20-15-12-9-6-3;/h16-17,21-24,33H,4-15,18-20,25-27H2,1-3H3;1H. The molecule has 3 nitrogen and oxygen atoms in total. The van der Waals surface area contributed by atoms with Gasteiger partial charge in [0.05, 0.1) is 6.61 Å². The normalized spacial score (nSPS) is 10.9. The lowest BCUT2D eigenvalue weighted by Crippen LogP contribution is -2.33. The average molecular weight is 517 g/mol. The minimum atomic E-state index is 0. The fourth-order valence-corrected chi connectivity index (χ4v) is 4.81. The van der Waals surface area contributed by atoms with Crippen molar-refractivity contribution < 1.29 is 4.74 Å². The topological polar surface area (TPSA) is 36.3 Å². The lowest BCUT2D eigenvalue weighted by atomic mass is 10.0. The molecule has 0 heterocycles. The maximum atomic E-state index is 9.19. The number of hydrogen-bond donors (Lipinski definition) is 1. The molecule has 0 unspecified atom stereocenters. The molecule has 0 saturated heterocycles. The summed E-state index contributed by atoms with van der Waals surface area (Å²) in [4.78, 5) is 2.34.